The highest BCUT2D eigenvalue weighted by atomic mass is 16.5. The molecule has 6 heteroatoms. The Hall–Kier alpha value is -2.89. The van der Waals surface area contributed by atoms with Crippen LogP contribution in [0.1, 0.15) is 17.2 Å². The largest absolute Gasteiger partial charge is 0.493 e. The third-order valence-corrected chi connectivity index (χ3v) is 3.97. The van der Waals surface area contributed by atoms with Gasteiger partial charge in [-0.15, -0.1) is 0 Å². The summed E-state index contributed by atoms with van der Waals surface area (Å²) in [5.74, 6) is 2.57. The van der Waals surface area contributed by atoms with Crippen molar-refractivity contribution in [1.82, 2.24) is 5.32 Å². The Morgan fingerprint density at radius 1 is 0.840 bits per heavy atom. The number of nitrogens with one attached hydrogen (secondary N) is 1. The summed E-state index contributed by atoms with van der Waals surface area (Å²) in [6, 6.07) is 11.1. The molecule has 1 atom stereocenters. The molecule has 0 aliphatic heterocycles. The van der Waals surface area contributed by atoms with Gasteiger partial charge >= 0.3 is 0 Å². The summed E-state index contributed by atoms with van der Waals surface area (Å²) in [6.45, 7) is 0. The number of hydrogen-bond donors (Lipinski definition) is 1. The van der Waals surface area contributed by atoms with Gasteiger partial charge in [-0.25, -0.2) is 0 Å². The van der Waals surface area contributed by atoms with E-state index in [1.807, 2.05) is 36.4 Å². The lowest BCUT2D eigenvalue weighted by atomic mass is 9.98. The van der Waals surface area contributed by atoms with Gasteiger partial charge in [0.1, 0.15) is 0 Å². The zero-order valence-corrected chi connectivity index (χ0v) is 14.9. The maximum Gasteiger partial charge on any atom is 0.207 e. The van der Waals surface area contributed by atoms with Crippen LogP contribution >= 0.6 is 0 Å². The van der Waals surface area contributed by atoms with Crippen LogP contribution in [-0.2, 0) is 11.2 Å². The van der Waals surface area contributed by atoms with Gasteiger partial charge < -0.3 is 24.3 Å². The van der Waals surface area contributed by atoms with Crippen LogP contribution < -0.4 is 24.3 Å². The molecule has 134 valence electrons. The highest BCUT2D eigenvalue weighted by Gasteiger charge is 2.16. The molecule has 1 amide bonds. The van der Waals surface area contributed by atoms with Crippen LogP contribution in [-0.4, -0.2) is 34.8 Å². The maximum atomic E-state index is 11.1. The first-order chi connectivity index (χ1) is 12.2. The summed E-state index contributed by atoms with van der Waals surface area (Å²) in [7, 11) is 6.36. The number of ether oxygens (including phenoxy) is 4. The van der Waals surface area contributed by atoms with Crippen molar-refractivity contribution < 1.29 is 23.7 Å². The number of hydrogen-bond acceptors (Lipinski definition) is 5. The number of benzene rings is 2. The molecule has 6 nitrogen and oxygen atoms in total. The molecule has 0 radical (unpaired) electrons. The van der Waals surface area contributed by atoms with Crippen molar-refractivity contribution in [3.8, 4) is 23.0 Å². The average Bonchev–Trinajstić information content (AvgIpc) is 2.66. The van der Waals surface area contributed by atoms with Crippen LogP contribution in [0.4, 0.5) is 0 Å². The summed E-state index contributed by atoms with van der Waals surface area (Å²) in [5.41, 5.74) is 1.92. The molecule has 0 saturated heterocycles. The van der Waals surface area contributed by atoms with E-state index in [-0.39, 0.29) is 6.04 Å². The van der Waals surface area contributed by atoms with Gasteiger partial charge in [-0.05, 0) is 41.8 Å². The van der Waals surface area contributed by atoms with E-state index in [2.05, 4.69) is 5.32 Å². The molecule has 2 aromatic rings. The van der Waals surface area contributed by atoms with Crippen LogP contribution in [0.25, 0.3) is 0 Å². The number of carbonyl (C=O) groups excluding carboxylic acids is 1. The Morgan fingerprint density at radius 3 is 1.96 bits per heavy atom. The maximum absolute atomic E-state index is 11.1. The molecule has 0 saturated carbocycles. The van der Waals surface area contributed by atoms with E-state index < -0.39 is 0 Å². The smallest absolute Gasteiger partial charge is 0.207 e. The Kier molecular flexibility index (Phi) is 6.51. The highest BCUT2D eigenvalue weighted by Crippen LogP contribution is 2.33. The van der Waals surface area contributed by atoms with Gasteiger partial charge in [0.25, 0.3) is 0 Å². The molecule has 1 N–H and O–H groups in total. The first-order valence-corrected chi connectivity index (χ1v) is 7.79. The summed E-state index contributed by atoms with van der Waals surface area (Å²) < 4.78 is 21.2. The fraction of sp³-hybridized carbons (Fsp3) is 0.316. The fourth-order valence-electron chi connectivity index (χ4n) is 2.67. The lowest BCUT2D eigenvalue weighted by Gasteiger charge is -2.19. The predicted octanol–water partition coefficient (Wildman–Crippen LogP) is 2.75. The van der Waals surface area contributed by atoms with Crippen molar-refractivity contribution in [3.05, 3.63) is 47.5 Å². The van der Waals surface area contributed by atoms with Gasteiger partial charge in [0.2, 0.25) is 6.41 Å². The van der Waals surface area contributed by atoms with E-state index in [0.29, 0.717) is 35.8 Å². The molecule has 25 heavy (non-hydrogen) atoms. The molecule has 2 aromatic carbocycles. The summed E-state index contributed by atoms with van der Waals surface area (Å²) in [4.78, 5) is 11.1. The first kappa shape index (κ1) is 18.4. The lowest BCUT2D eigenvalue weighted by Crippen LogP contribution is -2.21. The second-order valence-electron chi connectivity index (χ2n) is 5.34. The van der Waals surface area contributed by atoms with Gasteiger partial charge in [-0.1, -0.05) is 12.1 Å². The lowest BCUT2D eigenvalue weighted by molar-refractivity contribution is -0.110. The van der Waals surface area contributed by atoms with Crippen molar-refractivity contribution >= 4 is 6.41 Å². The van der Waals surface area contributed by atoms with Crippen LogP contribution in [0.2, 0.25) is 0 Å². The van der Waals surface area contributed by atoms with Gasteiger partial charge in [-0.2, -0.15) is 0 Å². The minimum absolute atomic E-state index is 0.213. The van der Waals surface area contributed by atoms with Crippen molar-refractivity contribution in [2.75, 3.05) is 28.4 Å². The van der Waals surface area contributed by atoms with E-state index in [4.69, 9.17) is 18.9 Å². The highest BCUT2D eigenvalue weighted by molar-refractivity contribution is 5.51. The van der Waals surface area contributed by atoms with Crippen molar-refractivity contribution in [3.63, 3.8) is 0 Å². The number of carbonyl (C=O) groups is 1. The molecule has 0 aromatic heterocycles. The Balaban J connectivity index is 2.31. The minimum Gasteiger partial charge on any atom is -0.493 e. The summed E-state index contributed by atoms with van der Waals surface area (Å²) in [5, 5.41) is 2.85. The van der Waals surface area contributed by atoms with Gasteiger partial charge in [-0.3, -0.25) is 4.79 Å². The molecule has 0 spiro atoms. The molecule has 0 aliphatic rings. The predicted molar refractivity (Wildman–Crippen MR) is 94.7 cm³/mol. The third-order valence-electron chi connectivity index (χ3n) is 3.97. The number of amides is 1. The summed E-state index contributed by atoms with van der Waals surface area (Å²) in [6.07, 6.45) is 1.29. The molecule has 0 fully saturated rings. The molecule has 0 heterocycles. The second-order valence-corrected chi connectivity index (χ2v) is 5.34. The Labute approximate surface area is 147 Å². The van der Waals surface area contributed by atoms with E-state index in [9.17, 15) is 4.79 Å². The molecular formula is C19H23NO5. The van der Waals surface area contributed by atoms with Crippen LogP contribution in [0.15, 0.2) is 36.4 Å². The second kappa shape index (κ2) is 8.82. The van der Waals surface area contributed by atoms with Crippen LogP contribution in [0.5, 0.6) is 23.0 Å². The van der Waals surface area contributed by atoms with Gasteiger partial charge in [0.15, 0.2) is 23.0 Å². The quantitative estimate of drug-likeness (QED) is 0.708. The van der Waals surface area contributed by atoms with E-state index in [0.717, 1.165) is 11.1 Å². The Bertz CT molecular complexity index is 717. The van der Waals surface area contributed by atoms with Crippen molar-refractivity contribution in [1.29, 1.82) is 0 Å². The fourth-order valence-corrected chi connectivity index (χ4v) is 2.67. The van der Waals surface area contributed by atoms with Crippen LogP contribution in [0, 0.1) is 0 Å². The van der Waals surface area contributed by atoms with E-state index in [1.165, 1.54) is 0 Å². The summed E-state index contributed by atoms with van der Waals surface area (Å²) >= 11 is 0. The standard InChI is InChI=1S/C19H23NO5/c1-22-16-7-5-13(10-18(16)24-3)9-15(20-12-21)14-6-8-17(23-2)19(11-14)25-4/h5-8,10-12,15H,9H2,1-4H3,(H,20,21)/t15-/m1/s1. The topological polar surface area (TPSA) is 66.0 Å². The van der Waals surface area contributed by atoms with Crippen molar-refractivity contribution in [2.24, 2.45) is 0 Å². The van der Waals surface area contributed by atoms with Crippen molar-refractivity contribution in [2.45, 2.75) is 12.5 Å². The third kappa shape index (κ3) is 4.35. The molecule has 0 unspecified atom stereocenters. The number of methoxy groups -OCH3 is 4. The molecule has 0 bridgehead atoms. The SMILES string of the molecule is COc1ccc(C[C@@H](NC=O)c2ccc(OC)c(OC)c2)cc1OC. The zero-order valence-electron chi connectivity index (χ0n) is 14.9. The van der Waals surface area contributed by atoms with Crippen LogP contribution in [0.3, 0.4) is 0 Å². The number of rotatable bonds is 9. The molecule has 2 rings (SSSR count). The zero-order chi connectivity index (χ0) is 18.2. The van der Waals surface area contributed by atoms with Gasteiger partial charge in [0.05, 0.1) is 34.5 Å². The minimum atomic E-state index is -0.213. The van der Waals surface area contributed by atoms with E-state index >= 15 is 0 Å². The monoisotopic (exact) mass is 345 g/mol. The Morgan fingerprint density at radius 2 is 1.40 bits per heavy atom. The van der Waals surface area contributed by atoms with E-state index in [1.54, 1.807) is 28.4 Å². The van der Waals surface area contributed by atoms with Gasteiger partial charge in [0, 0.05) is 0 Å². The average molecular weight is 345 g/mol. The first-order valence-electron chi connectivity index (χ1n) is 7.79. The molecule has 0 aliphatic carbocycles. The normalized spacial score (nSPS) is 11.4. The molecular weight excluding hydrogens is 322 g/mol.